The molecule has 0 spiro atoms. The van der Waals surface area contributed by atoms with Gasteiger partial charge in [0.15, 0.2) is 0 Å². The van der Waals surface area contributed by atoms with Crippen LogP contribution in [0.3, 0.4) is 0 Å². The van der Waals surface area contributed by atoms with Gasteiger partial charge in [0, 0.05) is 13.1 Å². The van der Waals surface area contributed by atoms with E-state index in [4.69, 9.17) is 22.4 Å². The number of piperidine rings is 1. The van der Waals surface area contributed by atoms with Crippen LogP contribution in [0, 0.1) is 5.92 Å². The topological polar surface area (TPSA) is 130 Å². The zero-order valence-electron chi connectivity index (χ0n) is 13.4. The van der Waals surface area contributed by atoms with E-state index in [9.17, 15) is 18.0 Å². The van der Waals surface area contributed by atoms with Crippen molar-refractivity contribution in [3.8, 4) is 0 Å². The van der Waals surface area contributed by atoms with Crippen LogP contribution >= 0.6 is 22.9 Å². The molecule has 0 saturated carbocycles. The van der Waals surface area contributed by atoms with Crippen molar-refractivity contribution in [2.24, 2.45) is 11.7 Å². The highest BCUT2D eigenvalue weighted by Gasteiger charge is 2.26. The van der Waals surface area contributed by atoms with Crippen LogP contribution in [0.4, 0.5) is 0 Å². The number of carbonyl (C=O) groups excluding carboxylic acids is 1. The molecule has 2 heterocycles. The molecule has 25 heavy (non-hydrogen) atoms. The number of halogens is 1. The van der Waals surface area contributed by atoms with Gasteiger partial charge in [0.1, 0.15) is 9.77 Å². The van der Waals surface area contributed by atoms with Crippen LogP contribution in [0.25, 0.3) is 0 Å². The fourth-order valence-electron chi connectivity index (χ4n) is 2.77. The Kier molecular flexibility index (Phi) is 6.80. The quantitative estimate of drug-likeness (QED) is 0.548. The molecule has 0 aromatic carbocycles. The molecule has 0 unspecified atom stereocenters. The highest BCUT2D eigenvalue weighted by atomic mass is 35.5. The molecule has 1 aliphatic heterocycles. The number of hydrogen-bond acceptors (Lipinski definition) is 6. The summed E-state index contributed by atoms with van der Waals surface area (Å²) in [6, 6.07) is 1.14. The lowest BCUT2D eigenvalue weighted by Gasteiger charge is -2.31. The average Bonchev–Trinajstić information content (AvgIpc) is 2.95. The standard InChI is InChI=1S/C14H20ClN3O5S2/c15-11-7-10(12(24-11)14(20)21)25(22,23)17-4-2-6-18-5-1-3-9(8-18)13(16)19/h7,9,17H,1-6,8H2,(H2,16,19)(H,20,21)/t9-/m1/s1. The molecule has 1 aromatic rings. The number of primary amides is 1. The van der Waals surface area contributed by atoms with Crippen molar-refractivity contribution in [3.63, 3.8) is 0 Å². The van der Waals surface area contributed by atoms with E-state index in [0.717, 1.165) is 25.5 Å². The maximum absolute atomic E-state index is 12.3. The van der Waals surface area contributed by atoms with Gasteiger partial charge in [-0.25, -0.2) is 17.9 Å². The van der Waals surface area contributed by atoms with E-state index >= 15 is 0 Å². The van der Waals surface area contributed by atoms with Gasteiger partial charge in [-0.05, 0) is 38.4 Å². The fourth-order valence-corrected chi connectivity index (χ4v) is 5.50. The van der Waals surface area contributed by atoms with Crippen molar-refractivity contribution >= 4 is 44.8 Å². The molecule has 1 atom stereocenters. The lowest BCUT2D eigenvalue weighted by atomic mass is 9.97. The van der Waals surface area contributed by atoms with E-state index in [2.05, 4.69) is 9.62 Å². The number of amides is 1. The van der Waals surface area contributed by atoms with E-state index in [1.807, 2.05) is 0 Å². The number of nitrogens with zero attached hydrogens (tertiary/aromatic N) is 1. The first-order valence-electron chi connectivity index (χ1n) is 7.74. The Balaban J connectivity index is 1.87. The van der Waals surface area contributed by atoms with Gasteiger partial charge in [-0.15, -0.1) is 11.3 Å². The van der Waals surface area contributed by atoms with E-state index in [1.54, 1.807) is 0 Å². The van der Waals surface area contributed by atoms with E-state index in [-0.39, 0.29) is 32.5 Å². The first-order chi connectivity index (χ1) is 11.7. The molecule has 11 heteroatoms. The molecule has 0 radical (unpaired) electrons. The van der Waals surface area contributed by atoms with Gasteiger partial charge in [-0.1, -0.05) is 11.6 Å². The van der Waals surface area contributed by atoms with Gasteiger partial charge in [0.25, 0.3) is 0 Å². The highest BCUT2D eigenvalue weighted by Crippen LogP contribution is 2.30. The van der Waals surface area contributed by atoms with Crippen molar-refractivity contribution in [3.05, 3.63) is 15.3 Å². The van der Waals surface area contributed by atoms with Gasteiger partial charge in [-0.2, -0.15) is 0 Å². The number of sulfonamides is 1. The normalized spacial score (nSPS) is 19.0. The number of thiophene rings is 1. The van der Waals surface area contributed by atoms with Gasteiger partial charge in [-0.3, -0.25) is 4.79 Å². The van der Waals surface area contributed by atoms with Crippen LogP contribution in [-0.2, 0) is 14.8 Å². The number of hydrogen-bond donors (Lipinski definition) is 3. The summed E-state index contributed by atoms with van der Waals surface area (Å²) in [5, 5.41) is 9.07. The van der Waals surface area contributed by atoms with Gasteiger partial charge < -0.3 is 15.7 Å². The lowest BCUT2D eigenvalue weighted by Crippen LogP contribution is -2.42. The van der Waals surface area contributed by atoms with Crippen molar-refractivity contribution in [1.29, 1.82) is 0 Å². The predicted octanol–water partition coefficient (Wildman–Crippen LogP) is 0.965. The maximum Gasteiger partial charge on any atom is 0.347 e. The van der Waals surface area contributed by atoms with Crippen LogP contribution in [0.15, 0.2) is 11.0 Å². The van der Waals surface area contributed by atoms with Crippen LogP contribution in [0.2, 0.25) is 4.34 Å². The Morgan fingerprint density at radius 2 is 2.20 bits per heavy atom. The zero-order valence-corrected chi connectivity index (χ0v) is 15.8. The van der Waals surface area contributed by atoms with Gasteiger partial charge >= 0.3 is 5.97 Å². The molecular weight excluding hydrogens is 390 g/mol. The summed E-state index contributed by atoms with van der Waals surface area (Å²) in [7, 11) is -3.94. The Bertz CT molecular complexity index is 750. The minimum absolute atomic E-state index is 0.101. The minimum atomic E-state index is -3.94. The predicted molar refractivity (Wildman–Crippen MR) is 94.5 cm³/mol. The first-order valence-corrected chi connectivity index (χ1v) is 10.4. The van der Waals surface area contributed by atoms with Crippen LogP contribution < -0.4 is 10.5 Å². The summed E-state index contributed by atoms with van der Waals surface area (Å²) in [6.45, 7) is 2.22. The Hall–Kier alpha value is -1.20. The Morgan fingerprint density at radius 3 is 2.84 bits per heavy atom. The third-order valence-corrected chi connectivity index (χ3v) is 6.87. The average molecular weight is 410 g/mol. The number of carboxylic acids is 1. The number of likely N-dealkylation sites (tertiary alicyclic amines) is 1. The lowest BCUT2D eigenvalue weighted by molar-refractivity contribution is -0.123. The molecular formula is C14H20ClN3O5S2. The van der Waals surface area contributed by atoms with Gasteiger partial charge in [0.2, 0.25) is 15.9 Å². The molecule has 2 rings (SSSR count). The first kappa shape index (κ1) is 20.1. The molecule has 0 aliphatic carbocycles. The minimum Gasteiger partial charge on any atom is -0.477 e. The summed E-state index contributed by atoms with van der Waals surface area (Å²) in [5.74, 6) is -1.79. The summed E-state index contributed by atoms with van der Waals surface area (Å²) in [4.78, 5) is 23.8. The van der Waals surface area contributed by atoms with Crippen LogP contribution in [0.1, 0.15) is 28.9 Å². The summed E-state index contributed by atoms with van der Waals surface area (Å²) in [5.41, 5.74) is 5.33. The highest BCUT2D eigenvalue weighted by molar-refractivity contribution is 7.89. The molecule has 140 valence electrons. The van der Waals surface area contributed by atoms with Crippen molar-refractivity contribution in [2.75, 3.05) is 26.2 Å². The largest absolute Gasteiger partial charge is 0.477 e. The zero-order chi connectivity index (χ0) is 18.6. The van der Waals surface area contributed by atoms with Crippen LogP contribution in [0.5, 0.6) is 0 Å². The molecule has 1 aromatic heterocycles. The summed E-state index contributed by atoms with van der Waals surface area (Å²) >= 11 is 6.45. The number of carbonyl (C=O) groups is 2. The number of nitrogens with two attached hydrogens (primary N) is 1. The molecule has 1 amide bonds. The third-order valence-electron chi connectivity index (χ3n) is 4.00. The Labute approximate surface area is 155 Å². The van der Waals surface area contributed by atoms with E-state index < -0.39 is 16.0 Å². The smallest absolute Gasteiger partial charge is 0.347 e. The van der Waals surface area contributed by atoms with Crippen LogP contribution in [-0.4, -0.2) is 56.5 Å². The third kappa shape index (κ3) is 5.38. The molecule has 4 N–H and O–H groups in total. The fraction of sp³-hybridized carbons (Fsp3) is 0.571. The number of carboxylic acid groups (broad SMARTS) is 1. The maximum atomic E-state index is 12.3. The summed E-state index contributed by atoms with van der Waals surface area (Å²) < 4.78 is 27.0. The summed E-state index contributed by atoms with van der Waals surface area (Å²) in [6.07, 6.45) is 2.20. The molecule has 1 fully saturated rings. The van der Waals surface area contributed by atoms with Gasteiger partial charge in [0.05, 0.1) is 10.3 Å². The number of aromatic carboxylic acids is 1. The number of rotatable bonds is 8. The second-order valence-corrected chi connectivity index (χ2v) is 9.26. The monoisotopic (exact) mass is 409 g/mol. The Morgan fingerprint density at radius 1 is 1.48 bits per heavy atom. The second-order valence-electron chi connectivity index (χ2n) is 5.84. The van der Waals surface area contributed by atoms with E-state index in [1.165, 1.54) is 0 Å². The van der Waals surface area contributed by atoms with Crippen molar-refractivity contribution < 1.29 is 23.1 Å². The second kappa shape index (κ2) is 8.45. The molecule has 8 nitrogen and oxygen atoms in total. The molecule has 0 bridgehead atoms. The van der Waals surface area contributed by atoms with Crippen molar-refractivity contribution in [1.82, 2.24) is 9.62 Å². The SMILES string of the molecule is NC(=O)[C@@H]1CCCN(CCCNS(=O)(=O)c2cc(Cl)sc2C(=O)O)C1. The van der Waals surface area contributed by atoms with E-state index in [0.29, 0.717) is 30.8 Å². The van der Waals surface area contributed by atoms with Crippen molar-refractivity contribution in [2.45, 2.75) is 24.2 Å². The molecule has 1 saturated heterocycles. The molecule has 1 aliphatic rings. The number of nitrogens with one attached hydrogen (secondary N) is 1.